The average molecular weight is 288 g/mol. The van der Waals surface area contributed by atoms with Crippen molar-refractivity contribution in [3.63, 3.8) is 0 Å². The summed E-state index contributed by atoms with van der Waals surface area (Å²) < 4.78 is 31.0. The molecule has 1 N–H and O–H groups in total. The molecule has 1 heterocycles. The molecule has 0 saturated heterocycles. The molecular weight excluding hydrogens is 278 g/mol. The van der Waals surface area contributed by atoms with Crippen LogP contribution in [0.25, 0.3) is 11.0 Å². The smallest absolute Gasteiger partial charge is 0.230 e. The lowest BCUT2D eigenvalue weighted by molar-refractivity contribution is -0.115. The number of hydrogen-bond donors (Lipinski definition) is 1. The van der Waals surface area contributed by atoms with Crippen molar-refractivity contribution in [1.29, 1.82) is 0 Å². The maximum Gasteiger partial charge on any atom is 0.230 e. The molecule has 0 spiro atoms. The van der Waals surface area contributed by atoms with Crippen LogP contribution in [-0.4, -0.2) is 11.1 Å². The first-order chi connectivity index (χ1) is 10.1. The lowest BCUT2D eigenvalue weighted by atomic mass is 10.1. The van der Waals surface area contributed by atoms with E-state index in [1.807, 2.05) is 6.07 Å². The maximum atomic E-state index is 13.1. The van der Waals surface area contributed by atoms with E-state index in [0.29, 0.717) is 11.3 Å². The second-order valence-corrected chi connectivity index (χ2v) is 4.48. The molecule has 6 heteroatoms. The second kappa shape index (κ2) is 5.32. The van der Waals surface area contributed by atoms with E-state index in [0.717, 1.165) is 17.5 Å². The Morgan fingerprint density at radius 1 is 1.14 bits per heavy atom. The van der Waals surface area contributed by atoms with Crippen molar-refractivity contribution in [3.05, 3.63) is 59.8 Å². The third kappa shape index (κ3) is 2.74. The van der Waals surface area contributed by atoms with Crippen LogP contribution >= 0.6 is 0 Å². The van der Waals surface area contributed by atoms with Gasteiger partial charge in [0.2, 0.25) is 5.91 Å². The largest absolute Gasteiger partial charge is 0.356 e. The van der Waals surface area contributed by atoms with E-state index >= 15 is 0 Å². The Morgan fingerprint density at radius 3 is 2.76 bits per heavy atom. The quantitative estimate of drug-likeness (QED) is 0.804. The fraction of sp³-hybridized carbons (Fsp3) is 0.0667. The minimum Gasteiger partial charge on any atom is -0.356 e. The number of hydrogen-bond acceptors (Lipinski definition) is 3. The lowest BCUT2D eigenvalue weighted by Gasteiger charge is -2.04. The van der Waals surface area contributed by atoms with E-state index in [1.165, 1.54) is 6.07 Å². The molecule has 0 atom stereocenters. The highest BCUT2D eigenvalue weighted by molar-refractivity contribution is 5.94. The minimum atomic E-state index is -1.01. The van der Waals surface area contributed by atoms with E-state index in [9.17, 15) is 13.6 Å². The third-order valence-electron chi connectivity index (χ3n) is 2.98. The molecule has 0 fully saturated rings. The highest BCUT2D eigenvalue weighted by atomic mass is 19.2. The standard InChI is InChI=1S/C15H10F2N2O2/c16-11-6-5-9(7-12(11)17)18-15(20)8-13-10-3-1-2-4-14(10)21-19-13/h1-7H,8H2,(H,18,20). The molecule has 3 rings (SSSR count). The molecular formula is C15H10F2N2O2. The number of anilines is 1. The summed E-state index contributed by atoms with van der Waals surface area (Å²) in [5, 5.41) is 7.07. The lowest BCUT2D eigenvalue weighted by Crippen LogP contribution is -2.15. The van der Waals surface area contributed by atoms with Crippen LogP contribution in [0.2, 0.25) is 0 Å². The molecule has 106 valence electrons. The van der Waals surface area contributed by atoms with Gasteiger partial charge in [-0.2, -0.15) is 0 Å². The SMILES string of the molecule is O=C(Cc1noc2ccccc12)Nc1ccc(F)c(F)c1. The first kappa shape index (κ1) is 13.2. The first-order valence-corrected chi connectivity index (χ1v) is 6.21. The summed E-state index contributed by atoms with van der Waals surface area (Å²) in [5.74, 6) is -2.37. The maximum absolute atomic E-state index is 13.1. The summed E-state index contributed by atoms with van der Waals surface area (Å²) in [6.45, 7) is 0. The topological polar surface area (TPSA) is 55.1 Å². The monoisotopic (exact) mass is 288 g/mol. The van der Waals surface area contributed by atoms with Gasteiger partial charge >= 0.3 is 0 Å². The van der Waals surface area contributed by atoms with Crippen LogP contribution in [0.5, 0.6) is 0 Å². The van der Waals surface area contributed by atoms with E-state index < -0.39 is 11.6 Å². The van der Waals surface area contributed by atoms with Crippen molar-refractivity contribution < 1.29 is 18.1 Å². The summed E-state index contributed by atoms with van der Waals surface area (Å²) in [4.78, 5) is 11.9. The van der Waals surface area contributed by atoms with Crippen LogP contribution in [0.1, 0.15) is 5.69 Å². The number of nitrogens with zero attached hydrogens (tertiary/aromatic N) is 1. The Morgan fingerprint density at radius 2 is 1.95 bits per heavy atom. The molecule has 3 aromatic rings. The molecule has 0 aliphatic heterocycles. The summed E-state index contributed by atoms with van der Waals surface area (Å²) in [7, 11) is 0. The van der Waals surface area contributed by atoms with E-state index in [2.05, 4.69) is 10.5 Å². The number of carbonyl (C=O) groups excluding carboxylic acids is 1. The Labute approximate surface area is 118 Å². The minimum absolute atomic E-state index is 0.0178. The van der Waals surface area contributed by atoms with Gasteiger partial charge < -0.3 is 9.84 Å². The highest BCUT2D eigenvalue weighted by Crippen LogP contribution is 2.19. The Balaban J connectivity index is 1.75. The van der Waals surface area contributed by atoms with E-state index in [-0.39, 0.29) is 18.0 Å². The number of rotatable bonds is 3. The second-order valence-electron chi connectivity index (χ2n) is 4.48. The zero-order valence-corrected chi connectivity index (χ0v) is 10.8. The van der Waals surface area contributed by atoms with Gasteiger partial charge in [-0.3, -0.25) is 4.79 Å². The summed E-state index contributed by atoms with van der Waals surface area (Å²) >= 11 is 0. The molecule has 4 nitrogen and oxygen atoms in total. The Bertz CT molecular complexity index is 814. The first-order valence-electron chi connectivity index (χ1n) is 6.21. The van der Waals surface area contributed by atoms with Gasteiger partial charge in [0.1, 0.15) is 5.69 Å². The molecule has 0 aliphatic carbocycles. The van der Waals surface area contributed by atoms with E-state index in [1.54, 1.807) is 18.2 Å². The molecule has 0 bridgehead atoms. The number of benzene rings is 2. The normalized spacial score (nSPS) is 10.8. The van der Waals surface area contributed by atoms with Crippen molar-refractivity contribution in [2.24, 2.45) is 0 Å². The summed E-state index contributed by atoms with van der Waals surface area (Å²) in [6, 6.07) is 10.3. The van der Waals surface area contributed by atoms with E-state index in [4.69, 9.17) is 4.52 Å². The fourth-order valence-corrected chi connectivity index (χ4v) is 2.00. The predicted octanol–water partition coefficient (Wildman–Crippen LogP) is 3.29. The summed E-state index contributed by atoms with van der Waals surface area (Å²) in [6.07, 6.45) is -0.0178. The van der Waals surface area contributed by atoms with Gasteiger partial charge in [0.25, 0.3) is 0 Å². The fourth-order valence-electron chi connectivity index (χ4n) is 2.00. The van der Waals surface area contributed by atoms with Crippen molar-refractivity contribution in [3.8, 4) is 0 Å². The Kier molecular flexibility index (Phi) is 3.35. The Hall–Kier alpha value is -2.76. The van der Waals surface area contributed by atoms with Crippen molar-refractivity contribution >= 4 is 22.6 Å². The molecule has 1 aromatic heterocycles. The number of amides is 1. The zero-order chi connectivity index (χ0) is 14.8. The molecule has 2 aromatic carbocycles. The van der Waals surface area contributed by atoms with Gasteiger partial charge in [-0.15, -0.1) is 0 Å². The van der Waals surface area contributed by atoms with Gasteiger partial charge in [-0.05, 0) is 24.3 Å². The third-order valence-corrected chi connectivity index (χ3v) is 2.98. The highest BCUT2D eigenvalue weighted by Gasteiger charge is 2.12. The number of carbonyl (C=O) groups is 1. The number of fused-ring (bicyclic) bond motifs is 1. The molecule has 1 amide bonds. The molecule has 0 saturated carbocycles. The molecule has 0 radical (unpaired) electrons. The summed E-state index contributed by atoms with van der Waals surface area (Å²) in [5.41, 5.74) is 1.27. The van der Waals surface area contributed by atoms with Crippen LogP contribution < -0.4 is 5.32 Å². The van der Waals surface area contributed by atoms with Crippen LogP contribution in [0.4, 0.5) is 14.5 Å². The van der Waals surface area contributed by atoms with Gasteiger partial charge in [0.05, 0.1) is 6.42 Å². The number of nitrogens with one attached hydrogen (secondary N) is 1. The molecule has 0 unspecified atom stereocenters. The average Bonchev–Trinajstić information content (AvgIpc) is 2.86. The molecule has 21 heavy (non-hydrogen) atoms. The van der Waals surface area contributed by atoms with Crippen LogP contribution in [-0.2, 0) is 11.2 Å². The van der Waals surface area contributed by atoms with Gasteiger partial charge in [0, 0.05) is 17.1 Å². The van der Waals surface area contributed by atoms with Crippen molar-refractivity contribution in [2.75, 3.05) is 5.32 Å². The van der Waals surface area contributed by atoms with Crippen molar-refractivity contribution in [1.82, 2.24) is 5.16 Å². The number of halogens is 2. The van der Waals surface area contributed by atoms with Gasteiger partial charge in [-0.25, -0.2) is 8.78 Å². The van der Waals surface area contributed by atoms with Crippen LogP contribution in [0.15, 0.2) is 47.0 Å². The van der Waals surface area contributed by atoms with Gasteiger partial charge in [-0.1, -0.05) is 17.3 Å². The molecule has 0 aliphatic rings. The number of aromatic nitrogens is 1. The predicted molar refractivity (Wildman–Crippen MR) is 72.7 cm³/mol. The number of para-hydroxylation sites is 1. The van der Waals surface area contributed by atoms with Crippen LogP contribution in [0, 0.1) is 11.6 Å². The van der Waals surface area contributed by atoms with Crippen molar-refractivity contribution in [2.45, 2.75) is 6.42 Å². The van der Waals surface area contributed by atoms with Gasteiger partial charge in [0.15, 0.2) is 17.2 Å². The van der Waals surface area contributed by atoms with Crippen LogP contribution in [0.3, 0.4) is 0 Å². The zero-order valence-electron chi connectivity index (χ0n) is 10.8.